The molecular formula is C21H20ClN7O. The van der Waals surface area contributed by atoms with Gasteiger partial charge >= 0.3 is 6.01 Å². The average Bonchev–Trinajstić information content (AvgIpc) is 3.25. The van der Waals surface area contributed by atoms with E-state index in [4.69, 9.17) is 21.9 Å². The number of hydrogen-bond donors (Lipinski definition) is 1. The zero-order chi connectivity index (χ0) is 20.5. The van der Waals surface area contributed by atoms with Crippen molar-refractivity contribution in [2.45, 2.75) is 6.54 Å². The summed E-state index contributed by atoms with van der Waals surface area (Å²) in [6, 6.07) is 15.7. The second-order valence-corrected chi connectivity index (χ2v) is 7.65. The highest BCUT2D eigenvalue weighted by molar-refractivity contribution is 6.30. The summed E-state index contributed by atoms with van der Waals surface area (Å²) in [6.07, 6.45) is 0. The van der Waals surface area contributed by atoms with Crippen molar-refractivity contribution < 1.29 is 4.52 Å². The van der Waals surface area contributed by atoms with Crippen LogP contribution in [0.1, 0.15) is 5.82 Å². The largest absolute Gasteiger partial charge is 0.383 e. The molecule has 2 aromatic heterocycles. The van der Waals surface area contributed by atoms with E-state index in [-0.39, 0.29) is 0 Å². The van der Waals surface area contributed by atoms with E-state index in [0.29, 0.717) is 29.2 Å². The first-order valence-electron chi connectivity index (χ1n) is 9.74. The highest BCUT2D eigenvalue weighted by Crippen LogP contribution is 2.24. The van der Waals surface area contributed by atoms with Gasteiger partial charge in [0, 0.05) is 42.2 Å². The lowest BCUT2D eigenvalue weighted by Crippen LogP contribution is -2.46. The maximum absolute atomic E-state index is 6.11. The Morgan fingerprint density at radius 3 is 2.63 bits per heavy atom. The minimum atomic E-state index is 0.522. The Kier molecular flexibility index (Phi) is 4.94. The van der Waals surface area contributed by atoms with Gasteiger partial charge in [-0.25, -0.2) is 9.97 Å². The molecule has 2 N–H and O–H groups in total. The molecule has 4 aromatic rings. The summed E-state index contributed by atoms with van der Waals surface area (Å²) in [5.74, 6) is 1.80. The molecule has 0 unspecified atom stereocenters. The van der Waals surface area contributed by atoms with Gasteiger partial charge < -0.3 is 15.2 Å². The molecule has 0 amide bonds. The van der Waals surface area contributed by atoms with E-state index < -0.39 is 0 Å². The lowest BCUT2D eigenvalue weighted by molar-refractivity contribution is 0.237. The van der Waals surface area contributed by atoms with Crippen molar-refractivity contribution in [2.24, 2.45) is 0 Å². The van der Waals surface area contributed by atoms with E-state index in [1.54, 1.807) is 0 Å². The monoisotopic (exact) mass is 421 g/mol. The standard InChI is InChI=1S/C21H20ClN7O/c22-15-5-3-4-14(12-15)20-26-21(30-27-20)29-10-8-28(9-11-29)13-18-24-17-7-2-1-6-16(17)19(23)25-18/h1-7,12H,8-11,13H2,(H2,23,24,25). The molecule has 3 heterocycles. The molecule has 5 rings (SSSR count). The van der Waals surface area contributed by atoms with Crippen LogP contribution < -0.4 is 10.6 Å². The van der Waals surface area contributed by atoms with Crippen LogP contribution in [0.25, 0.3) is 22.3 Å². The molecule has 8 nitrogen and oxygen atoms in total. The number of fused-ring (bicyclic) bond motifs is 1. The lowest BCUT2D eigenvalue weighted by atomic mass is 10.2. The fourth-order valence-electron chi connectivity index (χ4n) is 3.61. The maximum Gasteiger partial charge on any atom is 0.324 e. The lowest BCUT2D eigenvalue weighted by Gasteiger charge is -2.33. The Hall–Kier alpha value is -3.23. The number of nitrogens with zero attached hydrogens (tertiary/aromatic N) is 6. The number of nitrogens with two attached hydrogens (primary N) is 1. The minimum absolute atomic E-state index is 0.522. The Morgan fingerprint density at radius 2 is 1.80 bits per heavy atom. The van der Waals surface area contributed by atoms with Gasteiger partial charge in [0.05, 0.1) is 12.1 Å². The number of para-hydroxylation sites is 1. The molecular weight excluding hydrogens is 402 g/mol. The third-order valence-corrected chi connectivity index (χ3v) is 5.42. The van der Waals surface area contributed by atoms with Crippen LogP contribution in [0.5, 0.6) is 0 Å². The van der Waals surface area contributed by atoms with Crippen LogP contribution in [0.3, 0.4) is 0 Å². The number of aromatic nitrogens is 4. The summed E-state index contributed by atoms with van der Waals surface area (Å²) in [6.45, 7) is 3.89. The Morgan fingerprint density at radius 1 is 0.967 bits per heavy atom. The van der Waals surface area contributed by atoms with Crippen LogP contribution in [0.15, 0.2) is 53.1 Å². The molecule has 0 aliphatic carbocycles. The first-order chi connectivity index (χ1) is 14.7. The smallest absolute Gasteiger partial charge is 0.324 e. The summed E-state index contributed by atoms with van der Waals surface area (Å²) in [4.78, 5) is 18.0. The van der Waals surface area contributed by atoms with Crippen LogP contribution in [0.2, 0.25) is 5.02 Å². The number of anilines is 2. The molecule has 1 aliphatic rings. The van der Waals surface area contributed by atoms with Crippen LogP contribution in [0, 0.1) is 0 Å². The molecule has 1 aliphatic heterocycles. The fourth-order valence-corrected chi connectivity index (χ4v) is 3.80. The van der Waals surface area contributed by atoms with Crippen molar-refractivity contribution in [2.75, 3.05) is 36.8 Å². The molecule has 0 radical (unpaired) electrons. The van der Waals surface area contributed by atoms with Crippen LogP contribution in [-0.4, -0.2) is 51.2 Å². The Bertz CT molecular complexity index is 1190. The highest BCUT2D eigenvalue weighted by Gasteiger charge is 2.22. The van der Waals surface area contributed by atoms with Gasteiger partial charge in [-0.05, 0) is 24.3 Å². The van der Waals surface area contributed by atoms with Crippen LogP contribution >= 0.6 is 11.6 Å². The Labute approximate surface area is 178 Å². The normalized spacial score (nSPS) is 15.0. The molecule has 30 heavy (non-hydrogen) atoms. The van der Waals surface area contributed by atoms with Gasteiger partial charge in [0.15, 0.2) is 0 Å². The van der Waals surface area contributed by atoms with Crippen molar-refractivity contribution in [3.05, 3.63) is 59.4 Å². The summed E-state index contributed by atoms with van der Waals surface area (Å²) in [5, 5.41) is 5.62. The number of benzene rings is 2. The number of piperazine rings is 1. The van der Waals surface area contributed by atoms with Crippen molar-refractivity contribution in [1.82, 2.24) is 25.0 Å². The van der Waals surface area contributed by atoms with Gasteiger partial charge in [-0.15, -0.1) is 0 Å². The second-order valence-electron chi connectivity index (χ2n) is 7.22. The summed E-state index contributed by atoms with van der Waals surface area (Å²) in [7, 11) is 0. The first kappa shape index (κ1) is 18.8. The molecule has 1 fully saturated rings. The number of halogens is 1. The van der Waals surface area contributed by atoms with E-state index in [1.165, 1.54) is 0 Å². The molecule has 0 bridgehead atoms. The number of nitrogen functional groups attached to an aromatic ring is 1. The fraction of sp³-hybridized carbons (Fsp3) is 0.238. The van der Waals surface area contributed by atoms with E-state index >= 15 is 0 Å². The first-order valence-corrected chi connectivity index (χ1v) is 10.1. The van der Waals surface area contributed by atoms with Gasteiger partial charge in [-0.3, -0.25) is 4.90 Å². The van der Waals surface area contributed by atoms with Gasteiger partial charge in [-0.1, -0.05) is 41.0 Å². The van der Waals surface area contributed by atoms with E-state index in [2.05, 4.69) is 29.9 Å². The summed E-state index contributed by atoms with van der Waals surface area (Å²) < 4.78 is 5.48. The number of hydrogen-bond acceptors (Lipinski definition) is 8. The van der Waals surface area contributed by atoms with Crippen LogP contribution in [0.4, 0.5) is 11.8 Å². The average molecular weight is 422 g/mol. The molecule has 1 saturated heterocycles. The minimum Gasteiger partial charge on any atom is -0.383 e. The maximum atomic E-state index is 6.11. The van der Waals surface area contributed by atoms with Gasteiger partial charge in [0.1, 0.15) is 11.6 Å². The quantitative estimate of drug-likeness (QED) is 0.536. The summed E-state index contributed by atoms with van der Waals surface area (Å²) >= 11 is 6.05. The molecule has 0 spiro atoms. The van der Waals surface area contributed by atoms with E-state index in [9.17, 15) is 0 Å². The van der Waals surface area contributed by atoms with Gasteiger partial charge in [0.2, 0.25) is 5.82 Å². The van der Waals surface area contributed by atoms with Crippen molar-refractivity contribution in [3.8, 4) is 11.4 Å². The highest BCUT2D eigenvalue weighted by atomic mass is 35.5. The van der Waals surface area contributed by atoms with Crippen molar-refractivity contribution >= 4 is 34.3 Å². The zero-order valence-electron chi connectivity index (χ0n) is 16.2. The van der Waals surface area contributed by atoms with Gasteiger partial charge in [-0.2, -0.15) is 4.98 Å². The SMILES string of the molecule is Nc1nc(CN2CCN(c3nc(-c4cccc(Cl)c4)no3)CC2)nc2ccccc12. The van der Waals surface area contributed by atoms with E-state index in [1.807, 2.05) is 48.5 Å². The molecule has 0 atom stereocenters. The van der Waals surface area contributed by atoms with Crippen molar-refractivity contribution in [1.29, 1.82) is 0 Å². The van der Waals surface area contributed by atoms with E-state index in [0.717, 1.165) is 48.5 Å². The summed E-state index contributed by atoms with van der Waals surface area (Å²) in [5.41, 5.74) is 7.81. The molecule has 9 heteroatoms. The zero-order valence-corrected chi connectivity index (χ0v) is 17.0. The third-order valence-electron chi connectivity index (χ3n) is 5.18. The predicted molar refractivity (Wildman–Crippen MR) is 116 cm³/mol. The van der Waals surface area contributed by atoms with Gasteiger partial charge in [0.25, 0.3) is 0 Å². The third kappa shape index (κ3) is 3.79. The Balaban J connectivity index is 1.24. The molecule has 0 saturated carbocycles. The second kappa shape index (κ2) is 7.89. The molecule has 152 valence electrons. The topological polar surface area (TPSA) is 97.2 Å². The molecule has 2 aromatic carbocycles. The van der Waals surface area contributed by atoms with Crippen LogP contribution in [-0.2, 0) is 6.54 Å². The predicted octanol–water partition coefficient (Wildman–Crippen LogP) is 3.24. The number of rotatable bonds is 4. The van der Waals surface area contributed by atoms with Crippen molar-refractivity contribution in [3.63, 3.8) is 0 Å².